The smallest absolute Gasteiger partial charge is 0.416 e. The SMILES string of the molecule is CCOC(=O)C1=C(C)c2ccc(C(F)(F)F)cc2N(C)C1S(=O)(=O)O. The molecule has 10 heteroatoms. The topological polar surface area (TPSA) is 83.9 Å². The van der Waals surface area contributed by atoms with Gasteiger partial charge in [0.2, 0.25) is 0 Å². The number of nitrogens with zero attached hydrogens (tertiary/aromatic N) is 1. The quantitative estimate of drug-likeness (QED) is 0.642. The molecule has 1 unspecified atom stereocenters. The number of esters is 1. The van der Waals surface area contributed by atoms with Crippen molar-refractivity contribution < 1.29 is 35.7 Å². The molecule has 0 fully saturated rings. The van der Waals surface area contributed by atoms with Crippen LogP contribution < -0.4 is 4.90 Å². The van der Waals surface area contributed by atoms with Crippen LogP contribution in [0, 0.1) is 0 Å². The van der Waals surface area contributed by atoms with Crippen LogP contribution in [-0.4, -0.2) is 38.0 Å². The lowest BCUT2D eigenvalue weighted by Gasteiger charge is -2.36. The Kier molecular flexibility index (Phi) is 4.88. The highest BCUT2D eigenvalue weighted by molar-refractivity contribution is 7.86. The third kappa shape index (κ3) is 3.49. The van der Waals surface area contributed by atoms with Gasteiger partial charge in [-0.3, -0.25) is 4.55 Å². The molecule has 0 spiro atoms. The van der Waals surface area contributed by atoms with Crippen molar-refractivity contribution in [2.75, 3.05) is 18.6 Å². The van der Waals surface area contributed by atoms with E-state index in [2.05, 4.69) is 0 Å². The maximum Gasteiger partial charge on any atom is 0.416 e. The van der Waals surface area contributed by atoms with Crippen molar-refractivity contribution in [1.29, 1.82) is 0 Å². The van der Waals surface area contributed by atoms with Gasteiger partial charge in [-0.25, -0.2) is 4.79 Å². The van der Waals surface area contributed by atoms with E-state index < -0.39 is 33.2 Å². The zero-order chi connectivity index (χ0) is 19.2. The first-order chi connectivity index (χ1) is 11.4. The lowest BCUT2D eigenvalue weighted by molar-refractivity contribution is -0.139. The predicted molar refractivity (Wildman–Crippen MR) is 84.4 cm³/mol. The molecule has 1 N–H and O–H groups in total. The van der Waals surface area contributed by atoms with E-state index in [0.29, 0.717) is 0 Å². The van der Waals surface area contributed by atoms with E-state index in [0.717, 1.165) is 23.1 Å². The molecule has 0 aromatic heterocycles. The first-order valence-electron chi connectivity index (χ1n) is 7.18. The lowest BCUT2D eigenvalue weighted by atomic mass is 9.93. The van der Waals surface area contributed by atoms with E-state index in [1.807, 2.05) is 0 Å². The van der Waals surface area contributed by atoms with Crippen molar-refractivity contribution >= 4 is 27.3 Å². The number of rotatable bonds is 3. The molecule has 1 aromatic rings. The van der Waals surface area contributed by atoms with Crippen LogP contribution in [0.15, 0.2) is 23.8 Å². The summed E-state index contributed by atoms with van der Waals surface area (Å²) in [6, 6.07) is 2.77. The number of alkyl halides is 3. The third-order valence-corrected chi connectivity index (χ3v) is 5.01. The van der Waals surface area contributed by atoms with Crippen molar-refractivity contribution in [3.63, 3.8) is 0 Å². The lowest BCUT2D eigenvalue weighted by Crippen LogP contribution is -2.45. The summed E-state index contributed by atoms with van der Waals surface area (Å²) in [6.07, 6.45) is -4.62. The Balaban J connectivity index is 2.76. The second-order valence-corrected chi connectivity index (χ2v) is 6.94. The number of fused-ring (bicyclic) bond motifs is 1. The van der Waals surface area contributed by atoms with Gasteiger partial charge in [0, 0.05) is 18.3 Å². The fourth-order valence-electron chi connectivity index (χ4n) is 2.78. The first-order valence-corrected chi connectivity index (χ1v) is 8.68. The molecule has 2 rings (SSSR count). The van der Waals surface area contributed by atoms with Crippen LogP contribution in [0.25, 0.3) is 5.57 Å². The zero-order valence-electron chi connectivity index (χ0n) is 13.6. The third-order valence-electron chi connectivity index (χ3n) is 3.89. The highest BCUT2D eigenvalue weighted by Crippen LogP contribution is 2.42. The second kappa shape index (κ2) is 6.34. The molecule has 0 saturated heterocycles. The Morgan fingerprint density at radius 3 is 2.44 bits per heavy atom. The van der Waals surface area contributed by atoms with E-state index in [-0.39, 0.29) is 29.0 Å². The number of carbonyl (C=O) groups excluding carboxylic acids is 1. The number of anilines is 1. The minimum atomic E-state index is -4.83. The zero-order valence-corrected chi connectivity index (χ0v) is 14.4. The molecule has 1 heterocycles. The maximum absolute atomic E-state index is 12.9. The molecule has 25 heavy (non-hydrogen) atoms. The molecule has 1 aliphatic heterocycles. The van der Waals surface area contributed by atoms with Gasteiger partial charge < -0.3 is 9.64 Å². The summed E-state index contributed by atoms with van der Waals surface area (Å²) in [6.45, 7) is 2.88. The summed E-state index contributed by atoms with van der Waals surface area (Å²) < 4.78 is 76.8. The first kappa shape index (κ1) is 19.3. The Hall–Kier alpha value is -2.07. The number of halogens is 3. The van der Waals surface area contributed by atoms with Crippen LogP contribution >= 0.6 is 0 Å². The van der Waals surface area contributed by atoms with Gasteiger partial charge in [-0.2, -0.15) is 21.6 Å². The fraction of sp³-hybridized carbons (Fsp3) is 0.400. The number of ether oxygens (including phenoxy) is 1. The maximum atomic E-state index is 12.9. The molecule has 138 valence electrons. The summed E-state index contributed by atoms with van der Waals surface area (Å²) in [5.74, 6) is -0.958. The Bertz CT molecular complexity index is 845. The molecule has 6 nitrogen and oxygen atoms in total. The number of allylic oxidation sites excluding steroid dienone is 1. The molecule has 0 aliphatic carbocycles. The van der Waals surface area contributed by atoms with Crippen molar-refractivity contribution in [3.05, 3.63) is 34.9 Å². The second-order valence-electron chi connectivity index (χ2n) is 5.47. The van der Waals surface area contributed by atoms with Crippen LogP contribution in [0.5, 0.6) is 0 Å². The molecule has 0 saturated carbocycles. The van der Waals surface area contributed by atoms with Crippen molar-refractivity contribution in [1.82, 2.24) is 0 Å². The number of carbonyl (C=O) groups is 1. The van der Waals surface area contributed by atoms with E-state index in [9.17, 15) is 30.9 Å². The fourth-order valence-corrected chi connectivity index (χ4v) is 3.86. The van der Waals surface area contributed by atoms with E-state index in [1.165, 1.54) is 20.9 Å². The Labute approximate surface area is 142 Å². The monoisotopic (exact) mass is 379 g/mol. The molecule has 0 amide bonds. The highest BCUT2D eigenvalue weighted by Gasteiger charge is 2.43. The number of hydrogen-bond acceptors (Lipinski definition) is 5. The normalized spacial score (nSPS) is 18.2. The number of hydrogen-bond donors (Lipinski definition) is 1. The number of benzene rings is 1. The minimum absolute atomic E-state index is 0.0304. The largest absolute Gasteiger partial charge is 0.463 e. The van der Waals surface area contributed by atoms with Gasteiger partial charge >= 0.3 is 12.1 Å². The standard InChI is InChI=1S/C15H16F3NO5S/c1-4-24-14(20)12-8(2)10-6-5-9(15(16,17)18)7-11(10)19(3)13(12)25(21,22)23/h5-7,13H,4H2,1-3H3,(H,21,22,23). The molecular weight excluding hydrogens is 363 g/mol. The molecule has 1 aromatic carbocycles. The van der Waals surface area contributed by atoms with E-state index >= 15 is 0 Å². The Morgan fingerprint density at radius 1 is 1.36 bits per heavy atom. The summed E-state index contributed by atoms with van der Waals surface area (Å²) >= 11 is 0. The van der Waals surface area contributed by atoms with Gasteiger partial charge in [-0.1, -0.05) is 6.07 Å². The van der Waals surface area contributed by atoms with Gasteiger partial charge in [-0.15, -0.1) is 0 Å². The van der Waals surface area contributed by atoms with Crippen LogP contribution in [0.4, 0.5) is 18.9 Å². The molecule has 1 aliphatic rings. The van der Waals surface area contributed by atoms with E-state index in [4.69, 9.17) is 4.74 Å². The van der Waals surface area contributed by atoms with Gasteiger partial charge in [0.15, 0.2) is 5.37 Å². The summed E-state index contributed by atoms with van der Waals surface area (Å²) in [7, 11) is -3.64. The van der Waals surface area contributed by atoms with E-state index in [1.54, 1.807) is 0 Å². The summed E-state index contributed by atoms with van der Waals surface area (Å²) in [5, 5.41) is -1.86. The van der Waals surface area contributed by atoms with Crippen LogP contribution in [-0.2, 0) is 25.8 Å². The average Bonchev–Trinajstić information content (AvgIpc) is 2.48. The molecular formula is C15H16F3NO5S. The van der Waals surface area contributed by atoms with Crippen molar-refractivity contribution in [2.45, 2.75) is 25.4 Å². The van der Waals surface area contributed by atoms with Gasteiger partial charge in [-0.05, 0) is 31.6 Å². The molecule has 0 radical (unpaired) electrons. The van der Waals surface area contributed by atoms with Gasteiger partial charge in [0.25, 0.3) is 10.1 Å². The summed E-state index contributed by atoms with van der Waals surface area (Å²) in [4.78, 5) is 13.1. The number of likely N-dealkylation sites (N-methyl/N-ethyl adjacent to an activating group) is 1. The molecule has 0 bridgehead atoms. The summed E-state index contributed by atoms with van der Waals surface area (Å²) in [5.41, 5.74) is -0.997. The van der Waals surface area contributed by atoms with Gasteiger partial charge in [0.05, 0.1) is 17.7 Å². The highest BCUT2D eigenvalue weighted by atomic mass is 32.2. The molecule has 1 atom stereocenters. The van der Waals surface area contributed by atoms with Crippen LogP contribution in [0.2, 0.25) is 0 Å². The van der Waals surface area contributed by atoms with Gasteiger partial charge in [0.1, 0.15) is 0 Å². The predicted octanol–water partition coefficient (Wildman–Crippen LogP) is 2.71. The van der Waals surface area contributed by atoms with Crippen LogP contribution in [0.1, 0.15) is 25.0 Å². The minimum Gasteiger partial charge on any atom is -0.463 e. The Morgan fingerprint density at radius 2 is 1.96 bits per heavy atom. The van der Waals surface area contributed by atoms with Crippen molar-refractivity contribution in [2.24, 2.45) is 0 Å². The average molecular weight is 379 g/mol. The van der Waals surface area contributed by atoms with Crippen LogP contribution in [0.3, 0.4) is 0 Å². The van der Waals surface area contributed by atoms with Crippen molar-refractivity contribution in [3.8, 4) is 0 Å².